The van der Waals surface area contributed by atoms with E-state index in [1.54, 1.807) is 6.07 Å². The van der Waals surface area contributed by atoms with Gasteiger partial charge in [0.1, 0.15) is 0 Å². The van der Waals surface area contributed by atoms with Gasteiger partial charge in [0.25, 0.3) is 5.91 Å². The van der Waals surface area contributed by atoms with Crippen LogP contribution in [0.4, 0.5) is 0 Å². The van der Waals surface area contributed by atoms with Gasteiger partial charge in [-0.2, -0.15) is 0 Å². The molecule has 0 unspecified atom stereocenters. The largest absolute Gasteiger partial charge is 0.353 e. The van der Waals surface area contributed by atoms with Crippen LogP contribution in [0.15, 0.2) is 18.2 Å². The summed E-state index contributed by atoms with van der Waals surface area (Å²) in [4.78, 5) is 27.6. The number of hydrogen-bond acceptors (Lipinski definition) is 3. The third kappa shape index (κ3) is 5.13. The molecule has 2 amide bonds. The van der Waals surface area contributed by atoms with E-state index in [2.05, 4.69) is 15.5 Å². The molecule has 2 aliphatic carbocycles. The predicted octanol–water partition coefficient (Wildman–Crippen LogP) is 3.68. The van der Waals surface area contributed by atoms with Crippen molar-refractivity contribution in [1.29, 1.82) is 0 Å². The molecule has 3 fully saturated rings. The monoisotopic (exact) mass is 417 g/mol. The molecule has 0 bridgehead atoms. The van der Waals surface area contributed by atoms with Crippen molar-refractivity contribution in [3.63, 3.8) is 0 Å². The number of benzene rings is 1. The molecule has 29 heavy (non-hydrogen) atoms. The van der Waals surface area contributed by atoms with Crippen LogP contribution in [0.1, 0.15) is 67.3 Å². The van der Waals surface area contributed by atoms with E-state index < -0.39 is 0 Å². The van der Waals surface area contributed by atoms with E-state index in [1.165, 1.54) is 19.3 Å². The van der Waals surface area contributed by atoms with E-state index >= 15 is 0 Å². The quantitative estimate of drug-likeness (QED) is 0.678. The topological polar surface area (TPSA) is 61.4 Å². The summed E-state index contributed by atoms with van der Waals surface area (Å²) in [5.74, 6) is 0.836. The molecule has 158 valence electrons. The third-order valence-electron chi connectivity index (χ3n) is 6.76. The predicted molar refractivity (Wildman–Crippen MR) is 115 cm³/mol. The van der Waals surface area contributed by atoms with Gasteiger partial charge in [0, 0.05) is 37.6 Å². The second-order valence-corrected chi connectivity index (χ2v) is 9.45. The third-order valence-corrected chi connectivity index (χ3v) is 7.26. The highest BCUT2D eigenvalue weighted by Crippen LogP contribution is 2.35. The smallest absolute Gasteiger partial charge is 0.252 e. The highest BCUT2D eigenvalue weighted by atomic mass is 35.5. The van der Waals surface area contributed by atoms with Gasteiger partial charge < -0.3 is 10.6 Å². The van der Waals surface area contributed by atoms with Gasteiger partial charge >= 0.3 is 0 Å². The van der Waals surface area contributed by atoms with Crippen LogP contribution < -0.4 is 10.6 Å². The van der Waals surface area contributed by atoms with Crippen molar-refractivity contribution in [2.45, 2.75) is 76.4 Å². The van der Waals surface area contributed by atoms with E-state index in [1.807, 2.05) is 19.1 Å². The highest BCUT2D eigenvalue weighted by molar-refractivity contribution is 6.34. The molecule has 6 heteroatoms. The van der Waals surface area contributed by atoms with Crippen LogP contribution in [0.2, 0.25) is 5.02 Å². The molecule has 2 saturated carbocycles. The summed E-state index contributed by atoms with van der Waals surface area (Å²) in [6.45, 7) is 3.57. The van der Waals surface area contributed by atoms with Crippen molar-refractivity contribution in [2.75, 3.05) is 13.1 Å². The van der Waals surface area contributed by atoms with Crippen molar-refractivity contribution in [3.8, 4) is 0 Å². The van der Waals surface area contributed by atoms with Gasteiger partial charge in [0.2, 0.25) is 5.91 Å². The minimum atomic E-state index is -0.115. The number of amides is 2. The van der Waals surface area contributed by atoms with Crippen molar-refractivity contribution in [1.82, 2.24) is 15.5 Å². The van der Waals surface area contributed by atoms with Crippen LogP contribution in [-0.2, 0) is 4.79 Å². The van der Waals surface area contributed by atoms with E-state index in [0.29, 0.717) is 41.7 Å². The lowest BCUT2D eigenvalue weighted by Crippen LogP contribution is -2.47. The Kier molecular flexibility index (Phi) is 6.45. The van der Waals surface area contributed by atoms with Gasteiger partial charge in [-0.05, 0) is 69.4 Å². The Balaban J connectivity index is 1.34. The number of hydrogen-bond donors (Lipinski definition) is 2. The van der Waals surface area contributed by atoms with Gasteiger partial charge in [-0.25, -0.2) is 0 Å². The first-order chi connectivity index (χ1) is 14.0. The lowest BCUT2D eigenvalue weighted by Gasteiger charge is -2.32. The molecule has 0 aromatic heterocycles. The van der Waals surface area contributed by atoms with E-state index in [4.69, 9.17) is 11.6 Å². The molecule has 1 aromatic rings. The molecule has 1 heterocycles. The molecular weight excluding hydrogens is 386 g/mol. The van der Waals surface area contributed by atoms with Crippen molar-refractivity contribution < 1.29 is 9.59 Å². The molecule has 1 aliphatic heterocycles. The fourth-order valence-electron chi connectivity index (χ4n) is 4.53. The van der Waals surface area contributed by atoms with Gasteiger partial charge in [-0.1, -0.05) is 23.7 Å². The van der Waals surface area contributed by atoms with Gasteiger partial charge in [-0.3, -0.25) is 14.5 Å². The molecule has 4 rings (SSSR count). The number of halogens is 1. The highest BCUT2D eigenvalue weighted by Gasteiger charge is 2.38. The van der Waals surface area contributed by atoms with Crippen LogP contribution in [0.5, 0.6) is 0 Å². The number of aryl methyl sites for hydroxylation is 1. The first-order valence-corrected chi connectivity index (χ1v) is 11.5. The molecule has 0 spiro atoms. The molecule has 2 atom stereocenters. The molecule has 1 saturated heterocycles. The minimum Gasteiger partial charge on any atom is -0.353 e. The summed E-state index contributed by atoms with van der Waals surface area (Å²) < 4.78 is 0. The van der Waals surface area contributed by atoms with E-state index in [-0.39, 0.29) is 11.8 Å². The van der Waals surface area contributed by atoms with Crippen molar-refractivity contribution in [3.05, 3.63) is 34.3 Å². The number of nitrogens with zero attached hydrogens (tertiary/aromatic N) is 1. The number of carbonyl (C=O) groups excluding carboxylic acids is 2. The van der Waals surface area contributed by atoms with Crippen LogP contribution in [0, 0.1) is 12.8 Å². The minimum absolute atomic E-state index is 0.115. The van der Waals surface area contributed by atoms with E-state index in [9.17, 15) is 9.59 Å². The second-order valence-electron chi connectivity index (χ2n) is 9.07. The fourth-order valence-corrected chi connectivity index (χ4v) is 4.74. The molecule has 1 aromatic carbocycles. The maximum absolute atomic E-state index is 12.7. The first kappa shape index (κ1) is 20.7. The zero-order valence-corrected chi connectivity index (χ0v) is 18.0. The summed E-state index contributed by atoms with van der Waals surface area (Å²) in [5, 5.41) is 6.80. The Morgan fingerprint density at radius 2 is 1.86 bits per heavy atom. The lowest BCUT2D eigenvalue weighted by molar-refractivity contribution is -0.123. The first-order valence-electron chi connectivity index (χ1n) is 11.1. The van der Waals surface area contributed by atoms with Crippen molar-refractivity contribution in [2.24, 2.45) is 5.92 Å². The zero-order chi connectivity index (χ0) is 20.4. The average Bonchev–Trinajstić information content (AvgIpc) is 3.41. The number of rotatable bonds is 8. The van der Waals surface area contributed by atoms with Gasteiger partial charge in [-0.15, -0.1) is 0 Å². The maximum atomic E-state index is 12.7. The Bertz CT molecular complexity index is 760. The molecule has 2 N–H and O–H groups in total. The van der Waals surface area contributed by atoms with Gasteiger partial charge in [0.05, 0.1) is 10.6 Å². The normalized spacial score (nSPS) is 24.9. The molecule has 5 nitrogen and oxygen atoms in total. The van der Waals surface area contributed by atoms with Crippen LogP contribution in [0.3, 0.4) is 0 Å². The SMILES string of the molecule is Cc1cccc(C(=O)NC[C@@H]2CC[C@H](CC(=O)NC3CCC3)N2CC2CC2)c1Cl. The van der Waals surface area contributed by atoms with Crippen LogP contribution in [0.25, 0.3) is 0 Å². The summed E-state index contributed by atoms with van der Waals surface area (Å²) in [6.07, 6.45) is 8.68. The summed E-state index contributed by atoms with van der Waals surface area (Å²) in [7, 11) is 0. The maximum Gasteiger partial charge on any atom is 0.252 e. The van der Waals surface area contributed by atoms with Crippen LogP contribution >= 0.6 is 11.6 Å². The number of likely N-dealkylation sites (tertiary alicyclic amines) is 1. The summed E-state index contributed by atoms with van der Waals surface area (Å²) in [5.41, 5.74) is 1.45. The average molecular weight is 418 g/mol. The fraction of sp³-hybridized carbons (Fsp3) is 0.652. The van der Waals surface area contributed by atoms with Crippen molar-refractivity contribution >= 4 is 23.4 Å². The Hall–Kier alpha value is -1.59. The summed E-state index contributed by atoms with van der Waals surface area (Å²) in [6, 6.07) is 6.53. The summed E-state index contributed by atoms with van der Waals surface area (Å²) >= 11 is 6.31. The molecular formula is C23H32ClN3O2. The number of carbonyl (C=O) groups is 2. The van der Waals surface area contributed by atoms with E-state index in [0.717, 1.165) is 43.7 Å². The second kappa shape index (κ2) is 9.05. The molecule has 0 radical (unpaired) electrons. The van der Waals surface area contributed by atoms with Crippen LogP contribution in [-0.4, -0.2) is 47.9 Å². The number of nitrogens with one attached hydrogen (secondary N) is 2. The Morgan fingerprint density at radius 3 is 2.55 bits per heavy atom. The molecule has 3 aliphatic rings. The van der Waals surface area contributed by atoms with Gasteiger partial charge in [0.15, 0.2) is 0 Å². The zero-order valence-electron chi connectivity index (χ0n) is 17.3. The Labute approximate surface area is 178 Å². The Morgan fingerprint density at radius 1 is 1.10 bits per heavy atom. The lowest BCUT2D eigenvalue weighted by atomic mass is 9.93. The standard InChI is InChI=1S/C23H32ClN3O2/c1-15-4-2-7-20(22(15)24)23(29)25-13-19-11-10-18(27(19)14-16-8-9-16)12-21(28)26-17-5-3-6-17/h2,4,7,16-19H,3,5-6,8-14H2,1H3,(H,25,29)(H,26,28)/t18-,19+/m1/s1.